The van der Waals surface area contributed by atoms with Gasteiger partial charge in [0.2, 0.25) is 11.8 Å². The highest BCUT2D eigenvalue weighted by atomic mass is 16.2. The first kappa shape index (κ1) is 22.5. The summed E-state index contributed by atoms with van der Waals surface area (Å²) in [7, 11) is 0. The van der Waals surface area contributed by atoms with E-state index in [-0.39, 0.29) is 23.9 Å². The van der Waals surface area contributed by atoms with Gasteiger partial charge in [-0.25, -0.2) is 0 Å². The van der Waals surface area contributed by atoms with Crippen molar-refractivity contribution in [3.05, 3.63) is 71.8 Å². The highest BCUT2D eigenvalue weighted by molar-refractivity contribution is 5.92. The van der Waals surface area contributed by atoms with E-state index in [2.05, 4.69) is 48.3 Å². The van der Waals surface area contributed by atoms with Crippen LogP contribution in [0.4, 0.5) is 0 Å². The summed E-state index contributed by atoms with van der Waals surface area (Å²) in [5.41, 5.74) is 2.43. The second-order valence-electron chi connectivity index (χ2n) is 9.58. The number of rotatable bonds is 8. The Morgan fingerprint density at radius 3 is 2.25 bits per heavy atom. The first-order chi connectivity index (χ1) is 15.5. The van der Waals surface area contributed by atoms with Gasteiger partial charge < -0.3 is 10.2 Å². The van der Waals surface area contributed by atoms with Crippen molar-refractivity contribution in [2.75, 3.05) is 19.6 Å². The lowest BCUT2D eigenvalue weighted by molar-refractivity contribution is -0.158. The molecule has 0 aromatic heterocycles. The van der Waals surface area contributed by atoms with E-state index >= 15 is 0 Å². The zero-order valence-electron chi connectivity index (χ0n) is 19.2. The lowest BCUT2D eigenvalue weighted by atomic mass is 9.91. The molecule has 2 saturated heterocycles. The van der Waals surface area contributed by atoms with Crippen LogP contribution in [0.3, 0.4) is 0 Å². The van der Waals surface area contributed by atoms with Gasteiger partial charge in [-0.15, -0.1) is 0 Å². The van der Waals surface area contributed by atoms with Crippen LogP contribution in [-0.4, -0.2) is 59.4 Å². The number of nitrogens with zero attached hydrogens (tertiary/aromatic N) is 2. The SMILES string of the molecule is CC(C)C[C@H]1C(=O)N2[C@H](CNC(=O)[C@@H]2Cc2ccccc2)CN1CCCc1ccccc1. The highest BCUT2D eigenvalue weighted by Crippen LogP contribution is 2.27. The van der Waals surface area contributed by atoms with Crippen LogP contribution in [0, 0.1) is 5.92 Å². The molecule has 5 nitrogen and oxygen atoms in total. The van der Waals surface area contributed by atoms with Gasteiger partial charge in [-0.1, -0.05) is 74.5 Å². The summed E-state index contributed by atoms with van der Waals surface area (Å²) in [4.78, 5) is 30.9. The Labute approximate surface area is 191 Å². The van der Waals surface area contributed by atoms with Crippen molar-refractivity contribution in [1.82, 2.24) is 15.1 Å². The molecule has 0 aliphatic carbocycles. The number of benzene rings is 2. The summed E-state index contributed by atoms with van der Waals surface area (Å²) in [6.45, 7) is 6.61. The number of hydrogen-bond donors (Lipinski definition) is 1. The molecule has 0 bridgehead atoms. The average molecular weight is 434 g/mol. The molecule has 3 atom stereocenters. The first-order valence-corrected chi connectivity index (χ1v) is 11.9. The summed E-state index contributed by atoms with van der Waals surface area (Å²) in [6.07, 6.45) is 3.43. The number of aryl methyl sites for hydroxylation is 1. The normalized spacial score (nSPS) is 23.8. The van der Waals surface area contributed by atoms with E-state index in [0.29, 0.717) is 18.9 Å². The Hall–Kier alpha value is -2.66. The molecule has 2 amide bonds. The zero-order chi connectivity index (χ0) is 22.5. The monoisotopic (exact) mass is 433 g/mol. The number of nitrogens with one attached hydrogen (secondary N) is 1. The molecular weight excluding hydrogens is 398 g/mol. The van der Waals surface area contributed by atoms with E-state index in [4.69, 9.17) is 0 Å². The van der Waals surface area contributed by atoms with E-state index in [9.17, 15) is 9.59 Å². The van der Waals surface area contributed by atoms with Crippen molar-refractivity contribution in [2.24, 2.45) is 5.92 Å². The Balaban J connectivity index is 1.49. The van der Waals surface area contributed by atoms with Gasteiger partial charge in [0.1, 0.15) is 6.04 Å². The molecule has 0 spiro atoms. The van der Waals surface area contributed by atoms with Gasteiger partial charge in [-0.05, 0) is 42.9 Å². The maximum absolute atomic E-state index is 13.8. The minimum absolute atomic E-state index is 0.0284. The third kappa shape index (κ3) is 5.21. The molecule has 1 N–H and O–H groups in total. The zero-order valence-corrected chi connectivity index (χ0v) is 19.2. The van der Waals surface area contributed by atoms with Crippen molar-refractivity contribution >= 4 is 11.8 Å². The van der Waals surface area contributed by atoms with E-state index in [1.165, 1.54) is 5.56 Å². The number of amides is 2. The maximum atomic E-state index is 13.8. The predicted molar refractivity (Wildman–Crippen MR) is 127 cm³/mol. The Kier molecular flexibility index (Phi) is 7.26. The molecule has 5 heteroatoms. The van der Waals surface area contributed by atoms with E-state index in [1.807, 2.05) is 41.3 Å². The van der Waals surface area contributed by atoms with Crippen LogP contribution in [0.1, 0.15) is 37.8 Å². The van der Waals surface area contributed by atoms with Crippen LogP contribution < -0.4 is 5.32 Å². The number of hydrogen-bond acceptors (Lipinski definition) is 3. The number of fused-ring (bicyclic) bond motifs is 1. The van der Waals surface area contributed by atoms with Crippen molar-refractivity contribution in [3.63, 3.8) is 0 Å². The second kappa shape index (κ2) is 10.3. The fourth-order valence-electron chi connectivity index (χ4n) is 5.13. The van der Waals surface area contributed by atoms with Crippen molar-refractivity contribution in [1.29, 1.82) is 0 Å². The molecular formula is C27H35N3O2. The van der Waals surface area contributed by atoms with Crippen LogP contribution >= 0.6 is 0 Å². The number of carbonyl (C=O) groups excluding carboxylic acids is 2. The third-order valence-electron chi connectivity index (χ3n) is 6.69. The largest absolute Gasteiger partial charge is 0.352 e. The van der Waals surface area contributed by atoms with Crippen LogP contribution in [0.15, 0.2) is 60.7 Å². The van der Waals surface area contributed by atoms with Gasteiger partial charge in [0.15, 0.2) is 0 Å². The second-order valence-corrected chi connectivity index (χ2v) is 9.58. The van der Waals surface area contributed by atoms with Crippen molar-refractivity contribution in [3.8, 4) is 0 Å². The lowest BCUT2D eigenvalue weighted by Gasteiger charge is -2.51. The number of carbonyl (C=O) groups is 2. The molecule has 0 unspecified atom stereocenters. The summed E-state index contributed by atoms with van der Waals surface area (Å²) < 4.78 is 0. The van der Waals surface area contributed by atoms with E-state index in [1.54, 1.807) is 0 Å². The fourth-order valence-corrected chi connectivity index (χ4v) is 5.13. The molecule has 2 fully saturated rings. The van der Waals surface area contributed by atoms with Crippen LogP contribution in [-0.2, 0) is 22.4 Å². The minimum Gasteiger partial charge on any atom is -0.352 e. The van der Waals surface area contributed by atoms with Crippen LogP contribution in [0.25, 0.3) is 0 Å². The van der Waals surface area contributed by atoms with Gasteiger partial charge in [-0.3, -0.25) is 14.5 Å². The Morgan fingerprint density at radius 1 is 0.938 bits per heavy atom. The lowest BCUT2D eigenvalue weighted by Crippen LogP contribution is -2.72. The Bertz CT molecular complexity index is 900. The predicted octanol–water partition coefficient (Wildman–Crippen LogP) is 3.29. The van der Waals surface area contributed by atoms with Crippen molar-refractivity contribution in [2.45, 2.75) is 57.7 Å². The molecule has 2 aliphatic rings. The van der Waals surface area contributed by atoms with Gasteiger partial charge in [0.25, 0.3) is 0 Å². The minimum atomic E-state index is -0.426. The average Bonchev–Trinajstić information content (AvgIpc) is 2.79. The molecule has 2 aromatic rings. The van der Waals surface area contributed by atoms with Gasteiger partial charge in [0.05, 0.1) is 12.1 Å². The molecule has 0 radical (unpaired) electrons. The summed E-state index contributed by atoms with van der Waals surface area (Å²) >= 11 is 0. The summed E-state index contributed by atoms with van der Waals surface area (Å²) in [5.74, 6) is 0.521. The van der Waals surface area contributed by atoms with Crippen LogP contribution in [0.2, 0.25) is 0 Å². The standard InChI is InChI=1S/C27H35N3O2/c1-20(2)16-25-27(32)30-23(19-29(25)15-9-14-21-10-5-3-6-11-21)18-28-26(31)24(30)17-22-12-7-4-8-13-22/h3-8,10-13,20,23-25H,9,14-19H2,1-2H3,(H,28,31)/t23-,24+,25+/m1/s1. The van der Waals surface area contributed by atoms with Crippen LogP contribution in [0.5, 0.6) is 0 Å². The first-order valence-electron chi connectivity index (χ1n) is 11.9. The maximum Gasteiger partial charge on any atom is 0.243 e. The van der Waals surface area contributed by atoms with Gasteiger partial charge in [0, 0.05) is 19.5 Å². The third-order valence-corrected chi connectivity index (χ3v) is 6.69. The Morgan fingerprint density at radius 2 is 1.59 bits per heavy atom. The molecule has 170 valence electrons. The van der Waals surface area contributed by atoms with E-state index < -0.39 is 6.04 Å². The highest BCUT2D eigenvalue weighted by Gasteiger charge is 2.47. The van der Waals surface area contributed by atoms with E-state index in [0.717, 1.165) is 37.9 Å². The molecule has 2 aliphatic heterocycles. The van der Waals surface area contributed by atoms with Gasteiger partial charge in [-0.2, -0.15) is 0 Å². The molecule has 0 saturated carbocycles. The smallest absolute Gasteiger partial charge is 0.243 e. The molecule has 2 aromatic carbocycles. The van der Waals surface area contributed by atoms with Gasteiger partial charge >= 0.3 is 0 Å². The summed E-state index contributed by atoms with van der Waals surface area (Å²) in [6, 6.07) is 20.0. The molecule has 4 rings (SSSR count). The molecule has 2 heterocycles. The number of piperazine rings is 2. The topological polar surface area (TPSA) is 52.7 Å². The molecule has 32 heavy (non-hydrogen) atoms. The fraction of sp³-hybridized carbons (Fsp3) is 0.481. The van der Waals surface area contributed by atoms with Crippen molar-refractivity contribution < 1.29 is 9.59 Å². The quantitative estimate of drug-likeness (QED) is 0.695. The summed E-state index contributed by atoms with van der Waals surface area (Å²) in [5, 5.41) is 3.07.